The van der Waals surface area contributed by atoms with E-state index in [0.717, 1.165) is 12.1 Å². The van der Waals surface area contributed by atoms with Gasteiger partial charge in [0.25, 0.3) is 5.56 Å². The Morgan fingerprint density at radius 3 is 2.79 bits per heavy atom. The number of fused-ring (bicyclic) bond motifs is 1. The van der Waals surface area contributed by atoms with Gasteiger partial charge >= 0.3 is 0 Å². The third-order valence-corrected chi connectivity index (χ3v) is 2.47. The Bertz CT molecular complexity index is 564. The predicted molar refractivity (Wildman–Crippen MR) is 53.9 cm³/mol. The van der Waals surface area contributed by atoms with Gasteiger partial charge in [0.05, 0.1) is 9.99 Å². The van der Waals surface area contributed by atoms with Crippen molar-refractivity contribution in [3.05, 3.63) is 38.8 Å². The SMILES string of the molecule is O=c1cc(O)c2cc(F)c(Br)cc2[nH]1. The normalized spacial score (nSPS) is 10.7. The number of aromatic nitrogens is 1. The van der Waals surface area contributed by atoms with Crippen LogP contribution >= 0.6 is 15.9 Å². The van der Waals surface area contributed by atoms with Gasteiger partial charge in [-0.25, -0.2) is 4.39 Å². The van der Waals surface area contributed by atoms with E-state index in [2.05, 4.69) is 20.9 Å². The molecule has 2 rings (SSSR count). The van der Waals surface area contributed by atoms with Gasteiger partial charge in [-0.15, -0.1) is 0 Å². The average Bonchev–Trinajstić information content (AvgIpc) is 2.08. The fourth-order valence-electron chi connectivity index (χ4n) is 1.23. The van der Waals surface area contributed by atoms with Gasteiger partial charge in [-0.05, 0) is 28.1 Å². The number of hydrogen-bond acceptors (Lipinski definition) is 2. The lowest BCUT2D eigenvalue weighted by atomic mass is 10.2. The summed E-state index contributed by atoms with van der Waals surface area (Å²) in [5, 5.41) is 9.65. The first-order valence-corrected chi connectivity index (χ1v) is 4.58. The summed E-state index contributed by atoms with van der Waals surface area (Å²) < 4.78 is 13.3. The highest BCUT2D eigenvalue weighted by atomic mass is 79.9. The van der Waals surface area contributed by atoms with Crippen LogP contribution < -0.4 is 5.56 Å². The van der Waals surface area contributed by atoms with Crippen molar-refractivity contribution in [3.8, 4) is 5.75 Å². The first-order chi connectivity index (χ1) is 6.58. The van der Waals surface area contributed by atoms with Crippen molar-refractivity contribution in [1.29, 1.82) is 0 Å². The van der Waals surface area contributed by atoms with Crippen molar-refractivity contribution < 1.29 is 9.50 Å². The van der Waals surface area contributed by atoms with Crippen LogP contribution in [0.3, 0.4) is 0 Å². The van der Waals surface area contributed by atoms with Gasteiger partial charge in [0, 0.05) is 11.5 Å². The largest absolute Gasteiger partial charge is 0.507 e. The Hall–Kier alpha value is -1.36. The summed E-state index contributed by atoms with van der Waals surface area (Å²) in [6.07, 6.45) is 0. The molecule has 0 aliphatic heterocycles. The van der Waals surface area contributed by atoms with E-state index in [1.165, 1.54) is 6.07 Å². The van der Waals surface area contributed by atoms with E-state index in [1.807, 2.05) is 0 Å². The molecular formula is C9H5BrFNO2. The van der Waals surface area contributed by atoms with Crippen LogP contribution in [0, 0.1) is 5.82 Å². The number of halogens is 2. The summed E-state index contributed by atoms with van der Waals surface area (Å²) in [6, 6.07) is 3.58. The number of pyridine rings is 1. The molecule has 0 radical (unpaired) electrons. The Balaban J connectivity index is 2.96. The fourth-order valence-corrected chi connectivity index (χ4v) is 1.58. The quantitative estimate of drug-likeness (QED) is 0.760. The molecule has 0 aliphatic rings. The van der Waals surface area contributed by atoms with Crippen LogP contribution in [-0.2, 0) is 0 Å². The predicted octanol–water partition coefficient (Wildman–Crippen LogP) is 2.14. The van der Waals surface area contributed by atoms with E-state index < -0.39 is 11.4 Å². The number of benzene rings is 1. The number of aromatic hydroxyl groups is 1. The number of hydrogen-bond donors (Lipinski definition) is 2. The minimum atomic E-state index is -0.486. The molecule has 0 fully saturated rings. The molecule has 0 saturated carbocycles. The molecule has 0 amide bonds. The molecule has 1 aromatic carbocycles. The van der Waals surface area contributed by atoms with Gasteiger partial charge in [-0.3, -0.25) is 4.79 Å². The Morgan fingerprint density at radius 2 is 2.07 bits per heavy atom. The van der Waals surface area contributed by atoms with Gasteiger partial charge in [-0.1, -0.05) is 0 Å². The van der Waals surface area contributed by atoms with Gasteiger partial charge < -0.3 is 10.1 Å². The molecule has 0 spiro atoms. The van der Waals surface area contributed by atoms with Gasteiger partial charge in [-0.2, -0.15) is 0 Å². The molecule has 2 aromatic rings. The van der Waals surface area contributed by atoms with Gasteiger partial charge in [0.2, 0.25) is 0 Å². The van der Waals surface area contributed by atoms with Crippen LogP contribution in [0.4, 0.5) is 4.39 Å². The Kier molecular flexibility index (Phi) is 2.03. The maximum Gasteiger partial charge on any atom is 0.252 e. The van der Waals surface area contributed by atoms with Crippen LogP contribution in [0.25, 0.3) is 10.9 Å². The highest BCUT2D eigenvalue weighted by Gasteiger charge is 2.06. The zero-order valence-corrected chi connectivity index (χ0v) is 8.43. The molecule has 0 aliphatic carbocycles. The summed E-state index contributed by atoms with van der Waals surface area (Å²) in [5.74, 6) is -0.713. The highest BCUT2D eigenvalue weighted by Crippen LogP contribution is 2.26. The van der Waals surface area contributed by atoms with Gasteiger partial charge in [0.1, 0.15) is 11.6 Å². The molecule has 0 atom stereocenters. The zero-order chi connectivity index (χ0) is 10.3. The molecule has 0 saturated heterocycles. The molecule has 2 N–H and O–H groups in total. The number of rotatable bonds is 0. The zero-order valence-electron chi connectivity index (χ0n) is 6.84. The summed E-state index contributed by atoms with van der Waals surface area (Å²) in [7, 11) is 0. The monoisotopic (exact) mass is 257 g/mol. The Labute approximate surface area is 86.3 Å². The van der Waals surface area contributed by atoms with E-state index in [0.29, 0.717) is 5.52 Å². The van der Waals surface area contributed by atoms with Crippen molar-refractivity contribution in [1.82, 2.24) is 4.98 Å². The lowest BCUT2D eigenvalue weighted by Gasteiger charge is -2.01. The lowest BCUT2D eigenvalue weighted by molar-refractivity contribution is 0.480. The van der Waals surface area contributed by atoms with Crippen molar-refractivity contribution in [2.75, 3.05) is 0 Å². The second kappa shape index (κ2) is 3.09. The van der Waals surface area contributed by atoms with E-state index in [9.17, 15) is 14.3 Å². The molecule has 3 nitrogen and oxygen atoms in total. The lowest BCUT2D eigenvalue weighted by Crippen LogP contribution is -2.03. The first kappa shape index (κ1) is 9.21. The molecule has 0 unspecified atom stereocenters. The molecule has 72 valence electrons. The highest BCUT2D eigenvalue weighted by molar-refractivity contribution is 9.10. The molecule has 1 aromatic heterocycles. The summed E-state index contributed by atoms with van der Waals surface area (Å²) >= 11 is 2.99. The minimum absolute atomic E-state index is 0.227. The fraction of sp³-hybridized carbons (Fsp3) is 0. The van der Waals surface area contributed by atoms with Crippen LogP contribution in [0.15, 0.2) is 27.5 Å². The van der Waals surface area contributed by atoms with Crippen molar-refractivity contribution in [3.63, 3.8) is 0 Å². The van der Waals surface area contributed by atoms with Crippen LogP contribution in [-0.4, -0.2) is 10.1 Å². The molecule has 0 bridgehead atoms. The topological polar surface area (TPSA) is 53.1 Å². The minimum Gasteiger partial charge on any atom is -0.507 e. The molecular weight excluding hydrogens is 253 g/mol. The molecule has 1 heterocycles. The van der Waals surface area contributed by atoms with Crippen molar-refractivity contribution in [2.24, 2.45) is 0 Å². The second-order valence-corrected chi connectivity index (χ2v) is 3.69. The van der Waals surface area contributed by atoms with Crippen molar-refractivity contribution in [2.45, 2.75) is 0 Å². The molecule has 5 heteroatoms. The smallest absolute Gasteiger partial charge is 0.252 e. The number of H-pyrrole nitrogens is 1. The van der Waals surface area contributed by atoms with E-state index in [-0.39, 0.29) is 15.6 Å². The van der Waals surface area contributed by atoms with E-state index >= 15 is 0 Å². The Morgan fingerprint density at radius 1 is 1.36 bits per heavy atom. The third-order valence-electron chi connectivity index (χ3n) is 1.86. The number of nitrogens with one attached hydrogen (secondary N) is 1. The first-order valence-electron chi connectivity index (χ1n) is 3.79. The third kappa shape index (κ3) is 1.39. The summed E-state index contributed by atoms with van der Waals surface area (Å²) in [6.45, 7) is 0. The second-order valence-electron chi connectivity index (χ2n) is 2.83. The summed E-state index contributed by atoms with van der Waals surface area (Å²) in [5.41, 5.74) is -0.0308. The van der Waals surface area contributed by atoms with Crippen LogP contribution in [0.5, 0.6) is 5.75 Å². The summed E-state index contributed by atoms with van der Waals surface area (Å²) in [4.78, 5) is 13.5. The van der Waals surface area contributed by atoms with E-state index in [4.69, 9.17) is 0 Å². The van der Waals surface area contributed by atoms with Crippen LogP contribution in [0.1, 0.15) is 0 Å². The van der Waals surface area contributed by atoms with E-state index in [1.54, 1.807) is 0 Å². The maximum absolute atomic E-state index is 13.1. The molecule has 14 heavy (non-hydrogen) atoms. The average molecular weight is 258 g/mol. The maximum atomic E-state index is 13.1. The standard InChI is InChI=1S/C9H5BrFNO2/c10-5-2-7-4(1-6(5)11)8(13)3-9(14)12-7/h1-3H,(H2,12,13,14). The van der Waals surface area contributed by atoms with Gasteiger partial charge in [0.15, 0.2) is 0 Å². The number of aromatic amines is 1. The van der Waals surface area contributed by atoms with Crippen molar-refractivity contribution >= 4 is 26.8 Å². The van der Waals surface area contributed by atoms with Crippen LogP contribution in [0.2, 0.25) is 0 Å².